The van der Waals surface area contributed by atoms with Crippen molar-refractivity contribution in [2.75, 3.05) is 6.54 Å². The van der Waals surface area contributed by atoms with Crippen LogP contribution in [0.5, 0.6) is 0 Å². The number of carbonyl (C=O) groups is 1. The highest BCUT2D eigenvalue weighted by molar-refractivity contribution is 5.85. The van der Waals surface area contributed by atoms with Crippen molar-refractivity contribution in [3.63, 3.8) is 0 Å². The molecule has 0 fully saturated rings. The van der Waals surface area contributed by atoms with Gasteiger partial charge < -0.3 is 11.1 Å². The molecule has 0 spiro atoms. The maximum absolute atomic E-state index is 11.9. The fraction of sp³-hybridized carbons (Fsp3) is 0.250. The van der Waals surface area contributed by atoms with Crippen LogP contribution in [0.3, 0.4) is 0 Å². The van der Waals surface area contributed by atoms with Crippen molar-refractivity contribution < 1.29 is 4.79 Å². The second-order valence-electron chi connectivity index (χ2n) is 4.69. The number of hydrogen-bond acceptors (Lipinski definition) is 3. The Hall–Kier alpha value is -1.91. The lowest BCUT2D eigenvalue weighted by Crippen LogP contribution is -2.42. The zero-order chi connectivity index (χ0) is 14.2. The molecular weight excluding hydrogens is 286 g/mol. The summed E-state index contributed by atoms with van der Waals surface area (Å²) < 4.78 is 0. The predicted molar refractivity (Wildman–Crippen MR) is 86.3 cm³/mol. The van der Waals surface area contributed by atoms with Crippen LogP contribution in [0.4, 0.5) is 0 Å². The summed E-state index contributed by atoms with van der Waals surface area (Å²) in [6.45, 7) is 0.589. The van der Waals surface area contributed by atoms with Gasteiger partial charge in [-0.1, -0.05) is 30.3 Å². The van der Waals surface area contributed by atoms with E-state index in [1.807, 2.05) is 42.5 Å². The van der Waals surface area contributed by atoms with Crippen LogP contribution in [0.2, 0.25) is 0 Å². The van der Waals surface area contributed by atoms with Gasteiger partial charge in [0.05, 0.1) is 6.04 Å². The number of benzene rings is 1. The lowest BCUT2D eigenvalue weighted by Gasteiger charge is -2.12. The van der Waals surface area contributed by atoms with Gasteiger partial charge in [-0.3, -0.25) is 9.78 Å². The van der Waals surface area contributed by atoms with E-state index in [4.69, 9.17) is 5.73 Å². The van der Waals surface area contributed by atoms with E-state index in [0.717, 1.165) is 17.5 Å². The molecule has 1 aromatic carbocycles. The molecule has 1 aromatic heterocycles. The molecule has 1 unspecified atom stereocenters. The smallest absolute Gasteiger partial charge is 0.237 e. The molecule has 0 saturated heterocycles. The van der Waals surface area contributed by atoms with Gasteiger partial charge in [-0.15, -0.1) is 12.4 Å². The summed E-state index contributed by atoms with van der Waals surface area (Å²) in [7, 11) is 0. The number of rotatable bonds is 6. The largest absolute Gasteiger partial charge is 0.354 e. The van der Waals surface area contributed by atoms with E-state index in [1.54, 1.807) is 12.4 Å². The van der Waals surface area contributed by atoms with Gasteiger partial charge in [0.15, 0.2) is 0 Å². The highest BCUT2D eigenvalue weighted by Crippen LogP contribution is 2.02. The van der Waals surface area contributed by atoms with Crippen molar-refractivity contribution in [3.8, 4) is 0 Å². The maximum atomic E-state index is 11.9. The van der Waals surface area contributed by atoms with Gasteiger partial charge in [0.2, 0.25) is 5.91 Å². The zero-order valence-corrected chi connectivity index (χ0v) is 12.6. The van der Waals surface area contributed by atoms with Crippen LogP contribution in [0, 0.1) is 0 Å². The number of hydrogen-bond donors (Lipinski definition) is 2. The number of nitrogens with one attached hydrogen (secondary N) is 1. The Balaban J connectivity index is 0.00000220. The Kier molecular flexibility index (Phi) is 7.43. The fourth-order valence-corrected chi connectivity index (χ4v) is 1.97. The summed E-state index contributed by atoms with van der Waals surface area (Å²) >= 11 is 0. The highest BCUT2D eigenvalue weighted by atomic mass is 35.5. The molecular formula is C16H20ClN3O. The lowest BCUT2D eigenvalue weighted by atomic mass is 10.1. The number of halogens is 1. The molecule has 0 aliphatic carbocycles. The topological polar surface area (TPSA) is 68.0 Å². The second-order valence-corrected chi connectivity index (χ2v) is 4.69. The summed E-state index contributed by atoms with van der Waals surface area (Å²) in [5, 5.41) is 2.87. The molecule has 1 heterocycles. The first-order valence-corrected chi connectivity index (χ1v) is 6.72. The van der Waals surface area contributed by atoms with Gasteiger partial charge in [0.1, 0.15) is 0 Å². The molecule has 0 radical (unpaired) electrons. The Morgan fingerprint density at radius 1 is 1.10 bits per heavy atom. The number of nitrogens with two attached hydrogens (primary N) is 1. The second kappa shape index (κ2) is 9.10. The van der Waals surface area contributed by atoms with Crippen LogP contribution in [0.1, 0.15) is 11.1 Å². The molecule has 1 amide bonds. The summed E-state index contributed by atoms with van der Waals surface area (Å²) in [6.07, 6.45) is 4.84. The van der Waals surface area contributed by atoms with Gasteiger partial charge in [0.25, 0.3) is 0 Å². The van der Waals surface area contributed by atoms with Crippen molar-refractivity contribution in [1.29, 1.82) is 0 Å². The summed E-state index contributed by atoms with van der Waals surface area (Å²) in [4.78, 5) is 15.8. The van der Waals surface area contributed by atoms with Gasteiger partial charge in [0, 0.05) is 18.9 Å². The van der Waals surface area contributed by atoms with Crippen molar-refractivity contribution >= 4 is 18.3 Å². The molecule has 1 atom stereocenters. The molecule has 21 heavy (non-hydrogen) atoms. The number of pyridine rings is 1. The van der Waals surface area contributed by atoms with E-state index in [2.05, 4.69) is 10.3 Å². The van der Waals surface area contributed by atoms with E-state index in [1.165, 1.54) is 0 Å². The SMILES string of the molecule is Cl.NC(Cc1ccccc1)C(=O)NCCc1ccncc1. The monoisotopic (exact) mass is 305 g/mol. The number of amides is 1. The Labute approximate surface area is 131 Å². The van der Waals surface area contributed by atoms with E-state index in [9.17, 15) is 4.79 Å². The van der Waals surface area contributed by atoms with E-state index in [-0.39, 0.29) is 18.3 Å². The Bertz CT molecular complexity index is 534. The van der Waals surface area contributed by atoms with E-state index in [0.29, 0.717) is 13.0 Å². The number of carbonyl (C=O) groups excluding carboxylic acids is 1. The quantitative estimate of drug-likeness (QED) is 0.854. The fourth-order valence-electron chi connectivity index (χ4n) is 1.97. The van der Waals surface area contributed by atoms with Crippen LogP contribution < -0.4 is 11.1 Å². The zero-order valence-electron chi connectivity index (χ0n) is 11.7. The van der Waals surface area contributed by atoms with Crippen molar-refractivity contribution in [1.82, 2.24) is 10.3 Å². The van der Waals surface area contributed by atoms with Crippen LogP contribution >= 0.6 is 12.4 Å². The van der Waals surface area contributed by atoms with Crippen molar-refractivity contribution in [2.24, 2.45) is 5.73 Å². The lowest BCUT2D eigenvalue weighted by molar-refractivity contribution is -0.122. The van der Waals surface area contributed by atoms with Crippen LogP contribution in [-0.2, 0) is 17.6 Å². The minimum absolute atomic E-state index is 0. The van der Waals surface area contributed by atoms with Gasteiger partial charge >= 0.3 is 0 Å². The van der Waals surface area contributed by atoms with Crippen LogP contribution in [-0.4, -0.2) is 23.5 Å². The standard InChI is InChI=1S/C16H19N3O.ClH/c17-15(12-14-4-2-1-3-5-14)16(20)19-11-8-13-6-9-18-10-7-13;/h1-7,9-10,15H,8,11-12,17H2,(H,19,20);1H. The number of aromatic nitrogens is 1. The van der Waals surface area contributed by atoms with Gasteiger partial charge in [-0.2, -0.15) is 0 Å². The molecule has 0 bridgehead atoms. The van der Waals surface area contributed by atoms with Gasteiger partial charge in [-0.05, 0) is 36.1 Å². The normalized spacial score (nSPS) is 11.3. The first-order chi connectivity index (χ1) is 9.75. The molecule has 0 saturated carbocycles. The molecule has 2 rings (SSSR count). The predicted octanol–water partition coefficient (Wildman–Crippen LogP) is 1.73. The number of nitrogens with zero attached hydrogens (tertiary/aromatic N) is 1. The maximum Gasteiger partial charge on any atom is 0.237 e. The first-order valence-electron chi connectivity index (χ1n) is 6.72. The molecule has 0 aliphatic heterocycles. The third kappa shape index (κ3) is 5.94. The molecule has 5 heteroatoms. The van der Waals surface area contributed by atoms with Gasteiger partial charge in [-0.25, -0.2) is 0 Å². The molecule has 3 N–H and O–H groups in total. The minimum Gasteiger partial charge on any atom is -0.354 e. The molecule has 0 aliphatic rings. The molecule has 112 valence electrons. The third-order valence-electron chi connectivity index (χ3n) is 3.10. The highest BCUT2D eigenvalue weighted by Gasteiger charge is 2.13. The minimum atomic E-state index is -0.505. The average Bonchev–Trinajstić information content (AvgIpc) is 2.49. The average molecular weight is 306 g/mol. The van der Waals surface area contributed by atoms with Crippen LogP contribution in [0.25, 0.3) is 0 Å². The van der Waals surface area contributed by atoms with Crippen molar-refractivity contribution in [3.05, 3.63) is 66.0 Å². The van der Waals surface area contributed by atoms with Crippen LogP contribution in [0.15, 0.2) is 54.9 Å². The first kappa shape index (κ1) is 17.1. The Morgan fingerprint density at radius 2 is 1.76 bits per heavy atom. The summed E-state index contributed by atoms with van der Waals surface area (Å²) in [5.74, 6) is -0.108. The van der Waals surface area contributed by atoms with E-state index < -0.39 is 6.04 Å². The molecule has 2 aromatic rings. The summed E-state index contributed by atoms with van der Waals surface area (Å²) in [6, 6.07) is 13.2. The van der Waals surface area contributed by atoms with Crippen molar-refractivity contribution in [2.45, 2.75) is 18.9 Å². The third-order valence-corrected chi connectivity index (χ3v) is 3.10. The summed E-state index contributed by atoms with van der Waals surface area (Å²) in [5.41, 5.74) is 8.13. The Morgan fingerprint density at radius 3 is 2.43 bits per heavy atom. The molecule has 4 nitrogen and oxygen atoms in total. The van der Waals surface area contributed by atoms with E-state index >= 15 is 0 Å².